The van der Waals surface area contributed by atoms with Gasteiger partial charge >= 0.3 is 0 Å². The minimum atomic E-state index is -0.268. The number of hydrogen-bond acceptors (Lipinski definition) is 6. The van der Waals surface area contributed by atoms with Gasteiger partial charge in [-0.1, -0.05) is 41.9 Å². The van der Waals surface area contributed by atoms with Crippen LogP contribution >= 0.6 is 22.9 Å². The van der Waals surface area contributed by atoms with Crippen molar-refractivity contribution in [3.05, 3.63) is 46.2 Å². The second kappa shape index (κ2) is 6.34. The monoisotopic (exact) mass is 386 g/mol. The highest BCUT2D eigenvalue weighted by Crippen LogP contribution is 2.30. The van der Waals surface area contributed by atoms with Gasteiger partial charge in [0.1, 0.15) is 0 Å². The number of nitrogens with zero attached hydrogens (tertiary/aromatic N) is 3. The van der Waals surface area contributed by atoms with E-state index in [1.54, 1.807) is 25.1 Å². The first-order chi connectivity index (χ1) is 12.4. The summed E-state index contributed by atoms with van der Waals surface area (Å²) in [5.74, 6) is -0.114. The van der Waals surface area contributed by atoms with Crippen LogP contribution in [0.15, 0.2) is 28.8 Å². The molecule has 0 spiro atoms. The number of rotatable bonds is 3. The van der Waals surface area contributed by atoms with E-state index in [-0.39, 0.29) is 11.8 Å². The van der Waals surface area contributed by atoms with Gasteiger partial charge in [0.25, 0.3) is 11.6 Å². The standard InChI is InChI=1S/C18H15ClN4O2S/c1-8(2)12-7-11(15-9(3)23-25-17(15)20-12)16(24)22-18-21-13-6-10(19)4-5-14(13)26-18/h4-8H,1-3H3,(H,21,22,24). The fourth-order valence-corrected chi connectivity index (χ4v) is 3.71. The number of benzene rings is 1. The largest absolute Gasteiger partial charge is 0.336 e. The predicted molar refractivity (Wildman–Crippen MR) is 103 cm³/mol. The molecule has 0 fully saturated rings. The average Bonchev–Trinajstić information content (AvgIpc) is 3.16. The van der Waals surface area contributed by atoms with Crippen LogP contribution in [0.5, 0.6) is 0 Å². The van der Waals surface area contributed by atoms with Crippen molar-refractivity contribution in [3.63, 3.8) is 0 Å². The van der Waals surface area contributed by atoms with Crippen LogP contribution in [0.3, 0.4) is 0 Å². The van der Waals surface area contributed by atoms with Crippen LogP contribution in [-0.2, 0) is 0 Å². The summed E-state index contributed by atoms with van der Waals surface area (Å²) in [4.78, 5) is 21.8. The van der Waals surface area contributed by atoms with E-state index in [0.717, 1.165) is 15.9 Å². The molecule has 1 amide bonds. The Hall–Kier alpha value is -2.51. The summed E-state index contributed by atoms with van der Waals surface area (Å²) in [5, 5.41) is 8.56. The molecule has 0 radical (unpaired) electrons. The topological polar surface area (TPSA) is 80.9 Å². The van der Waals surface area contributed by atoms with Crippen LogP contribution < -0.4 is 5.32 Å². The predicted octanol–water partition coefficient (Wildman–Crippen LogP) is 5.17. The van der Waals surface area contributed by atoms with Gasteiger partial charge in [-0.05, 0) is 37.1 Å². The Morgan fingerprint density at radius 3 is 2.85 bits per heavy atom. The number of aromatic nitrogens is 3. The minimum absolute atomic E-state index is 0.154. The zero-order chi connectivity index (χ0) is 18.4. The third-order valence-corrected chi connectivity index (χ3v) is 5.23. The molecule has 4 rings (SSSR count). The van der Waals surface area contributed by atoms with Crippen molar-refractivity contribution in [2.75, 3.05) is 5.32 Å². The van der Waals surface area contributed by atoms with E-state index in [4.69, 9.17) is 16.1 Å². The molecule has 3 aromatic heterocycles. The maximum atomic E-state index is 12.9. The van der Waals surface area contributed by atoms with Crippen molar-refractivity contribution < 1.29 is 9.32 Å². The molecule has 0 aliphatic rings. The molecular formula is C18H15ClN4O2S. The van der Waals surface area contributed by atoms with E-state index < -0.39 is 0 Å². The van der Waals surface area contributed by atoms with Gasteiger partial charge in [0, 0.05) is 10.7 Å². The Kier molecular flexibility index (Phi) is 4.13. The molecule has 0 aliphatic carbocycles. The number of thiazole rings is 1. The number of pyridine rings is 1. The van der Waals surface area contributed by atoms with Gasteiger partial charge < -0.3 is 4.52 Å². The van der Waals surface area contributed by atoms with E-state index in [0.29, 0.717) is 32.5 Å². The first-order valence-electron chi connectivity index (χ1n) is 8.06. The Bertz CT molecular complexity index is 1150. The van der Waals surface area contributed by atoms with Crippen molar-refractivity contribution in [3.8, 4) is 0 Å². The van der Waals surface area contributed by atoms with Gasteiger partial charge in [-0.15, -0.1) is 0 Å². The highest BCUT2D eigenvalue weighted by molar-refractivity contribution is 7.22. The summed E-state index contributed by atoms with van der Waals surface area (Å²) >= 11 is 7.39. The van der Waals surface area contributed by atoms with Gasteiger partial charge in [-0.25, -0.2) is 9.97 Å². The second-order valence-corrected chi connectivity index (χ2v) is 7.75. The lowest BCUT2D eigenvalue weighted by molar-refractivity contribution is 0.102. The van der Waals surface area contributed by atoms with Crippen LogP contribution in [0.1, 0.15) is 41.5 Å². The molecule has 6 nitrogen and oxygen atoms in total. The highest BCUT2D eigenvalue weighted by Gasteiger charge is 2.20. The van der Waals surface area contributed by atoms with E-state index in [1.807, 2.05) is 19.9 Å². The molecule has 0 saturated heterocycles. The first-order valence-corrected chi connectivity index (χ1v) is 9.26. The van der Waals surface area contributed by atoms with E-state index in [9.17, 15) is 4.79 Å². The quantitative estimate of drug-likeness (QED) is 0.525. The molecule has 1 N–H and O–H groups in total. The molecule has 0 atom stereocenters. The van der Waals surface area contributed by atoms with Crippen molar-refractivity contribution in [1.29, 1.82) is 0 Å². The molecule has 0 unspecified atom stereocenters. The fourth-order valence-electron chi connectivity index (χ4n) is 2.71. The molecule has 0 saturated carbocycles. The van der Waals surface area contributed by atoms with Crippen LogP contribution in [-0.4, -0.2) is 21.0 Å². The lowest BCUT2D eigenvalue weighted by atomic mass is 10.0. The average molecular weight is 387 g/mol. The SMILES string of the molecule is Cc1noc2nc(C(C)C)cc(C(=O)Nc3nc4cc(Cl)ccc4s3)c12. The lowest BCUT2D eigenvalue weighted by Gasteiger charge is -2.08. The molecule has 132 valence electrons. The van der Waals surface area contributed by atoms with Gasteiger partial charge in [0.2, 0.25) is 0 Å². The molecular weight excluding hydrogens is 372 g/mol. The Labute approximate surface area is 158 Å². The van der Waals surface area contributed by atoms with Gasteiger partial charge in [0.05, 0.1) is 26.9 Å². The number of amides is 1. The van der Waals surface area contributed by atoms with Crippen molar-refractivity contribution in [2.24, 2.45) is 0 Å². The maximum Gasteiger partial charge on any atom is 0.259 e. The summed E-state index contributed by atoms with van der Waals surface area (Å²) in [6.45, 7) is 5.81. The van der Waals surface area contributed by atoms with Crippen LogP contribution in [0.25, 0.3) is 21.3 Å². The van der Waals surface area contributed by atoms with Gasteiger partial charge in [0.15, 0.2) is 5.13 Å². The number of carbonyl (C=O) groups excluding carboxylic acids is 1. The molecule has 0 aliphatic heterocycles. The van der Waals surface area contributed by atoms with E-state index in [2.05, 4.69) is 20.4 Å². The van der Waals surface area contributed by atoms with Crippen LogP contribution in [0.4, 0.5) is 5.13 Å². The summed E-state index contributed by atoms with van der Waals surface area (Å²) in [6, 6.07) is 7.25. The Morgan fingerprint density at radius 1 is 1.27 bits per heavy atom. The zero-order valence-corrected chi connectivity index (χ0v) is 15.9. The minimum Gasteiger partial charge on any atom is -0.336 e. The van der Waals surface area contributed by atoms with Gasteiger partial charge in [-0.2, -0.15) is 0 Å². The number of nitrogens with one attached hydrogen (secondary N) is 1. The third-order valence-electron chi connectivity index (χ3n) is 4.04. The number of hydrogen-bond donors (Lipinski definition) is 1. The molecule has 4 aromatic rings. The molecule has 8 heteroatoms. The third kappa shape index (κ3) is 2.93. The summed E-state index contributed by atoms with van der Waals surface area (Å²) in [6.07, 6.45) is 0. The molecule has 3 heterocycles. The smallest absolute Gasteiger partial charge is 0.259 e. The number of anilines is 1. The lowest BCUT2D eigenvalue weighted by Crippen LogP contribution is -2.13. The Balaban J connectivity index is 1.76. The molecule has 26 heavy (non-hydrogen) atoms. The first kappa shape index (κ1) is 16.9. The molecule has 0 bridgehead atoms. The highest BCUT2D eigenvalue weighted by atomic mass is 35.5. The number of halogens is 1. The number of fused-ring (bicyclic) bond motifs is 2. The van der Waals surface area contributed by atoms with Crippen LogP contribution in [0, 0.1) is 6.92 Å². The van der Waals surface area contributed by atoms with Crippen molar-refractivity contribution in [1.82, 2.24) is 15.1 Å². The normalized spacial score (nSPS) is 11.6. The Morgan fingerprint density at radius 2 is 2.08 bits per heavy atom. The van der Waals surface area contributed by atoms with E-state index in [1.165, 1.54) is 11.3 Å². The fraction of sp³-hybridized carbons (Fsp3) is 0.222. The summed E-state index contributed by atoms with van der Waals surface area (Å²) in [5.41, 5.74) is 3.00. The zero-order valence-electron chi connectivity index (χ0n) is 14.3. The number of aryl methyl sites for hydroxylation is 1. The maximum absolute atomic E-state index is 12.9. The molecule has 1 aromatic carbocycles. The van der Waals surface area contributed by atoms with Gasteiger partial charge in [-0.3, -0.25) is 10.1 Å². The van der Waals surface area contributed by atoms with Crippen LogP contribution in [0.2, 0.25) is 5.02 Å². The number of carbonyl (C=O) groups is 1. The second-order valence-electron chi connectivity index (χ2n) is 6.28. The van der Waals surface area contributed by atoms with E-state index >= 15 is 0 Å². The summed E-state index contributed by atoms with van der Waals surface area (Å²) in [7, 11) is 0. The van der Waals surface area contributed by atoms with Crippen molar-refractivity contribution >= 4 is 55.3 Å². The summed E-state index contributed by atoms with van der Waals surface area (Å²) < 4.78 is 6.23. The van der Waals surface area contributed by atoms with Crippen molar-refractivity contribution in [2.45, 2.75) is 26.7 Å².